The van der Waals surface area contributed by atoms with E-state index in [9.17, 15) is 4.79 Å². The van der Waals surface area contributed by atoms with Gasteiger partial charge in [0.05, 0.1) is 0 Å². The van der Waals surface area contributed by atoms with Crippen LogP contribution < -0.4 is 5.73 Å². The Morgan fingerprint density at radius 1 is 1.88 bits per heavy atom. The largest absolute Gasteiger partial charge is 0.480 e. The average molecular weight is 180 g/mol. The molecule has 0 saturated carbocycles. The molecule has 0 saturated heterocycles. The van der Waals surface area contributed by atoms with Crippen LogP contribution in [0.2, 0.25) is 0 Å². The van der Waals surface area contributed by atoms with Gasteiger partial charge in [0.15, 0.2) is 0 Å². The molecular formula is C3H7CoNO2S. The third-order valence-corrected chi connectivity index (χ3v) is 0.907. The van der Waals surface area contributed by atoms with Gasteiger partial charge in [-0.2, -0.15) is 12.6 Å². The third kappa shape index (κ3) is 4.45. The zero-order chi connectivity index (χ0) is 5.86. The van der Waals surface area contributed by atoms with E-state index in [1.165, 1.54) is 0 Å². The molecule has 1 unspecified atom stereocenters. The summed E-state index contributed by atoms with van der Waals surface area (Å²) in [4.78, 5) is 9.76. The van der Waals surface area contributed by atoms with Gasteiger partial charge >= 0.3 is 5.97 Å². The van der Waals surface area contributed by atoms with Crippen LogP contribution in [-0.4, -0.2) is 22.9 Å². The Bertz CT molecular complexity index is 79.7. The Labute approximate surface area is 63.2 Å². The van der Waals surface area contributed by atoms with Gasteiger partial charge in [-0.3, -0.25) is 4.79 Å². The summed E-state index contributed by atoms with van der Waals surface area (Å²) >= 11 is 3.65. The maximum Gasteiger partial charge on any atom is 0.321 e. The quantitative estimate of drug-likeness (QED) is 0.493. The molecule has 0 amide bonds. The minimum atomic E-state index is -1.00. The topological polar surface area (TPSA) is 63.3 Å². The van der Waals surface area contributed by atoms with Crippen LogP contribution in [0.15, 0.2) is 0 Å². The normalized spacial score (nSPS) is 11.8. The second-order valence-electron chi connectivity index (χ2n) is 1.13. The van der Waals surface area contributed by atoms with Crippen molar-refractivity contribution in [3.63, 3.8) is 0 Å². The van der Waals surface area contributed by atoms with Gasteiger partial charge in [0.25, 0.3) is 0 Å². The molecule has 3 nitrogen and oxygen atoms in total. The second kappa shape index (κ2) is 5.42. The number of rotatable bonds is 2. The molecule has 0 aromatic rings. The van der Waals surface area contributed by atoms with Crippen LogP contribution >= 0.6 is 12.6 Å². The first-order chi connectivity index (χ1) is 3.18. The molecule has 5 heteroatoms. The van der Waals surface area contributed by atoms with E-state index < -0.39 is 12.0 Å². The summed E-state index contributed by atoms with van der Waals surface area (Å²) in [5, 5.41) is 8.01. The molecule has 0 aliphatic heterocycles. The number of carboxylic acids is 1. The number of carbonyl (C=O) groups is 1. The van der Waals surface area contributed by atoms with Crippen molar-refractivity contribution < 1.29 is 26.7 Å². The van der Waals surface area contributed by atoms with Gasteiger partial charge in [0, 0.05) is 22.5 Å². The van der Waals surface area contributed by atoms with Crippen molar-refractivity contribution in [2.24, 2.45) is 5.73 Å². The van der Waals surface area contributed by atoms with Gasteiger partial charge in [-0.05, 0) is 0 Å². The fraction of sp³-hybridized carbons (Fsp3) is 0.667. The van der Waals surface area contributed by atoms with E-state index >= 15 is 0 Å². The van der Waals surface area contributed by atoms with E-state index in [0.717, 1.165) is 0 Å². The van der Waals surface area contributed by atoms with Crippen LogP contribution in [0.5, 0.6) is 0 Å². The van der Waals surface area contributed by atoms with E-state index in [-0.39, 0.29) is 22.5 Å². The number of hydrogen-bond acceptors (Lipinski definition) is 3. The first-order valence-electron chi connectivity index (χ1n) is 1.77. The van der Waals surface area contributed by atoms with Gasteiger partial charge < -0.3 is 10.8 Å². The summed E-state index contributed by atoms with van der Waals surface area (Å²) in [6, 6.07) is -0.816. The zero-order valence-electron chi connectivity index (χ0n) is 4.00. The van der Waals surface area contributed by atoms with Crippen LogP contribution in [0.3, 0.4) is 0 Å². The van der Waals surface area contributed by atoms with Gasteiger partial charge in [-0.1, -0.05) is 0 Å². The molecule has 0 bridgehead atoms. The van der Waals surface area contributed by atoms with Crippen LogP contribution in [0.1, 0.15) is 0 Å². The molecule has 1 radical (unpaired) electrons. The SMILES string of the molecule is NC(CS)C(=O)O.[Co]. The fourth-order valence-electron chi connectivity index (χ4n) is 0.0781. The fourth-order valence-corrected chi connectivity index (χ4v) is 0.234. The number of carboxylic acid groups (broad SMARTS) is 1. The van der Waals surface area contributed by atoms with E-state index in [4.69, 9.17) is 10.8 Å². The molecule has 0 aromatic carbocycles. The Hall–Kier alpha value is 0.286. The van der Waals surface area contributed by atoms with E-state index in [2.05, 4.69) is 12.6 Å². The minimum Gasteiger partial charge on any atom is -0.480 e. The van der Waals surface area contributed by atoms with Crippen LogP contribution in [0.4, 0.5) is 0 Å². The summed E-state index contributed by atoms with van der Waals surface area (Å²) in [7, 11) is 0. The summed E-state index contributed by atoms with van der Waals surface area (Å²) in [5.74, 6) is -0.815. The maximum absolute atomic E-state index is 9.76. The van der Waals surface area contributed by atoms with Crippen molar-refractivity contribution >= 4 is 18.6 Å². The molecule has 0 aromatic heterocycles. The van der Waals surface area contributed by atoms with E-state index in [1.807, 2.05) is 0 Å². The standard InChI is InChI=1S/C3H7NO2S.Co/c4-2(1-7)3(5)6;/h2,7H,1,4H2,(H,5,6);. The summed E-state index contributed by atoms with van der Waals surface area (Å²) in [6.07, 6.45) is 0. The van der Waals surface area contributed by atoms with Crippen molar-refractivity contribution in [1.29, 1.82) is 0 Å². The number of thiol groups is 1. The molecule has 0 fully saturated rings. The molecule has 0 heterocycles. The molecule has 8 heavy (non-hydrogen) atoms. The molecule has 0 aliphatic carbocycles. The molecule has 1 atom stereocenters. The monoisotopic (exact) mass is 180 g/mol. The summed E-state index contributed by atoms with van der Waals surface area (Å²) in [5.41, 5.74) is 4.94. The van der Waals surface area contributed by atoms with Crippen molar-refractivity contribution in [3.05, 3.63) is 0 Å². The van der Waals surface area contributed by atoms with Crippen molar-refractivity contribution in [2.75, 3.05) is 5.75 Å². The summed E-state index contributed by atoms with van der Waals surface area (Å²) in [6.45, 7) is 0. The maximum atomic E-state index is 9.76. The number of hydrogen-bond donors (Lipinski definition) is 3. The van der Waals surface area contributed by atoms with Crippen molar-refractivity contribution in [1.82, 2.24) is 0 Å². The van der Waals surface area contributed by atoms with Crippen LogP contribution in [0, 0.1) is 0 Å². The van der Waals surface area contributed by atoms with Crippen molar-refractivity contribution in [3.8, 4) is 0 Å². The predicted molar refractivity (Wildman–Crippen MR) is 29.5 cm³/mol. The molecule has 51 valence electrons. The summed E-state index contributed by atoms with van der Waals surface area (Å²) < 4.78 is 0. The first-order valence-corrected chi connectivity index (χ1v) is 2.41. The average Bonchev–Trinajstić information content (AvgIpc) is 1.65. The molecular weight excluding hydrogens is 173 g/mol. The Kier molecular flexibility index (Phi) is 7.55. The van der Waals surface area contributed by atoms with E-state index in [1.54, 1.807) is 0 Å². The minimum absolute atomic E-state index is 0. The third-order valence-electron chi connectivity index (χ3n) is 0.514. The smallest absolute Gasteiger partial charge is 0.321 e. The van der Waals surface area contributed by atoms with Gasteiger partial charge in [-0.15, -0.1) is 0 Å². The zero-order valence-corrected chi connectivity index (χ0v) is 5.93. The van der Waals surface area contributed by atoms with Gasteiger partial charge in [0.1, 0.15) is 6.04 Å². The molecule has 0 rings (SSSR count). The number of nitrogens with two attached hydrogens (primary N) is 1. The van der Waals surface area contributed by atoms with Crippen molar-refractivity contribution in [2.45, 2.75) is 6.04 Å². The Morgan fingerprint density at radius 3 is 2.25 bits per heavy atom. The van der Waals surface area contributed by atoms with Crippen LogP contribution in [-0.2, 0) is 21.6 Å². The second-order valence-corrected chi connectivity index (χ2v) is 1.49. The van der Waals surface area contributed by atoms with Gasteiger partial charge in [-0.25, -0.2) is 0 Å². The van der Waals surface area contributed by atoms with Gasteiger partial charge in [0.2, 0.25) is 0 Å². The molecule has 0 spiro atoms. The number of aliphatic carboxylic acids is 1. The first kappa shape index (κ1) is 11.1. The van der Waals surface area contributed by atoms with E-state index in [0.29, 0.717) is 0 Å². The Balaban J connectivity index is 0. The Morgan fingerprint density at radius 2 is 2.25 bits per heavy atom. The predicted octanol–water partition coefficient (Wildman–Crippen LogP) is -0.674. The molecule has 0 aliphatic rings. The van der Waals surface area contributed by atoms with Crippen LogP contribution in [0.25, 0.3) is 0 Å². The molecule has 3 N–H and O–H groups in total.